The second kappa shape index (κ2) is 10.0. The summed E-state index contributed by atoms with van der Waals surface area (Å²) in [6.45, 7) is 3.94. The van der Waals surface area contributed by atoms with Crippen molar-refractivity contribution in [2.45, 2.75) is 11.6 Å². The van der Waals surface area contributed by atoms with E-state index >= 15 is 0 Å². The monoisotopic (exact) mass is 499 g/mol. The second-order valence-electron chi connectivity index (χ2n) is 6.85. The number of carbonyl (C=O) groups excluding carboxylic acids is 2. The van der Waals surface area contributed by atoms with Crippen LogP contribution in [-0.4, -0.2) is 42.9 Å². The lowest BCUT2D eigenvalue weighted by Crippen LogP contribution is -2.31. The fraction of sp³-hybridized carbons (Fsp3) is 0.130. The third-order valence-corrected chi connectivity index (χ3v) is 7.26. The van der Waals surface area contributed by atoms with Gasteiger partial charge in [0.2, 0.25) is 5.91 Å². The van der Waals surface area contributed by atoms with Crippen LogP contribution in [0.4, 0.5) is 0 Å². The number of halogens is 1. The molecule has 0 radical (unpaired) electrons. The Balaban J connectivity index is 1.50. The molecule has 0 N–H and O–H groups in total. The Kier molecular flexibility index (Phi) is 7.15. The van der Waals surface area contributed by atoms with E-state index in [1.807, 2.05) is 36.4 Å². The van der Waals surface area contributed by atoms with Crippen LogP contribution < -0.4 is 0 Å². The largest absolute Gasteiger partial charge is 0.292 e. The maximum Gasteiger partial charge on any atom is 0.266 e. The topological polar surface area (TPSA) is 55.2 Å². The number of nitrogens with zero attached hydrogens (tertiary/aromatic N) is 3. The molecule has 1 aliphatic heterocycles. The van der Waals surface area contributed by atoms with E-state index in [9.17, 15) is 9.59 Å². The molecular weight excluding hydrogens is 482 g/mol. The van der Waals surface area contributed by atoms with Gasteiger partial charge in [0.1, 0.15) is 4.32 Å². The normalized spacial score (nSPS) is 15.2. The molecule has 0 unspecified atom stereocenters. The molecule has 3 aromatic rings. The number of fused-ring (bicyclic) bond motifs is 1. The first kappa shape index (κ1) is 22.8. The number of rotatable bonds is 7. The van der Waals surface area contributed by atoms with Gasteiger partial charge in [0.15, 0.2) is 5.16 Å². The molecule has 9 heteroatoms. The number of hydrogen-bond acceptors (Lipinski definition) is 6. The molecule has 0 spiro atoms. The molecule has 2 heterocycles. The highest BCUT2D eigenvalue weighted by Gasteiger charge is 2.32. The summed E-state index contributed by atoms with van der Waals surface area (Å²) in [6.07, 6.45) is 3.68. The van der Waals surface area contributed by atoms with Crippen LogP contribution in [0.3, 0.4) is 0 Å². The summed E-state index contributed by atoms with van der Waals surface area (Å²) in [4.78, 5) is 32.6. The van der Waals surface area contributed by atoms with Crippen LogP contribution in [-0.2, 0) is 4.79 Å². The third-order valence-electron chi connectivity index (χ3n) is 4.70. The van der Waals surface area contributed by atoms with E-state index in [0.29, 0.717) is 25.2 Å². The molecule has 0 bridgehead atoms. The second-order valence-corrected chi connectivity index (χ2v) is 9.95. The number of para-hydroxylation sites is 2. The zero-order chi connectivity index (χ0) is 22.7. The zero-order valence-corrected chi connectivity index (χ0v) is 20.1. The molecule has 0 aliphatic carbocycles. The number of aromatic nitrogens is 2. The minimum atomic E-state index is -0.195. The number of carbonyl (C=O) groups is 2. The van der Waals surface area contributed by atoms with Gasteiger partial charge in [-0.1, -0.05) is 77.7 Å². The SMILES string of the molecule is C=CCSc1nc2ccccc2n1C(=O)CCN1C(=O)C(=Cc2ccc(Cl)cc2)SC1=S. The lowest BCUT2D eigenvalue weighted by Gasteiger charge is -2.14. The summed E-state index contributed by atoms with van der Waals surface area (Å²) in [5.41, 5.74) is 2.36. The van der Waals surface area contributed by atoms with Gasteiger partial charge in [0.25, 0.3) is 5.91 Å². The number of hydrogen-bond donors (Lipinski definition) is 0. The smallest absolute Gasteiger partial charge is 0.266 e. The fourth-order valence-corrected chi connectivity index (χ4v) is 5.39. The van der Waals surface area contributed by atoms with Gasteiger partial charge < -0.3 is 0 Å². The quantitative estimate of drug-likeness (QED) is 0.174. The summed E-state index contributed by atoms with van der Waals surface area (Å²) in [6, 6.07) is 14.7. The van der Waals surface area contributed by atoms with Crippen molar-refractivity contribution >= 4 is 80.6 Å². The predicted molar refractivity (Wildman–Crippen MR) is 137 cm³/mol. The van der Waals surface area contributed by atoms with Crippen LogP contribution >= 0.6 is 47.3 Å². The van der Waals surface area contributed by atoms with E-state index in [1.54, 1.807) is 28.9 Å². The van der Waals surface area contributed by atoms with E-state index in [2.05, 4.69) is 11.6 Å². The molecule has 1 aromatic heterocycles. The predicted octanol–water partition coefficient (Wildman–Crippen LogP) is 5.90. The van der Waals surface area contributed by atoms with Crippen LogP contribution in [0.15, 0.2) is 71.2 Å². The lowest BCUT2D eigenvalue weighted by atomic mass is 10.2. The highest BCUT2D eigenvalue weighted by Crippen LogP contribution is 2.33. The highest BCUT2D eigenvalue weighted by molar-refractivity contribution is 8.26. The van der Waals surface area contributed by atoms with Gasteiger partial charge in [-0.3, -0.25) is 19.1 Å². The van der Waals surface area contributed by atoms with E-state index in [0.717, 1.165) is 16.6 Å². The van der Waals surface area contributed by atoms with Crippen molar-refractivity contribution in [2.75, 3.05) is 12.3 Å². The first-order valence-electron chi connectivity index (χ1n) is 9.73. The molecule has 162 valence electrons. The average molecular weight is 500 g/mol. The third kappa shape index (κ3) is 4.83. The van der Waals surface area contributed by atoms with Crippen molar-refractivity contribution in [3.8, 4) is 0 Å². The minimum Gasteiger partial charge on any atom is -0.292 e. The first-order valence-corrected chi connectivity index (χ1v) is 12.3. The average Bonchev–Trinajstić information content (AvgIpc) is 3.29. The molecular formula is C23H18ClN3O2S3. The number of thiocarbonyl (C=S) groups is 1. The Morgan fingerprint density at radius 3 is 2.72 bits per heavy atom. The zero-order valence-electron chi connectivity index (χ0n) is 16.9. The number of thioether (sulfide) groups is 2. The van der Waals surface area contributed by atoms with Crippen LogP contribution in [0.5, 0.6) is 0 Å². The Hall–Kier alpha value is -2.39. The van der Waals surface area contributed by atoms with E-state index in [4.69, 9.17) is 23.8 Å². The molecule has 32 heavy (non-hydrogen) atoms. The molecule has 1 amide bonds. The standard InChI is InChI=1S/C23H18ClN3O2S3/c1-2-13-31-22-25-17-5-3-4-6-18(17)27(22)20(28)11-12-26-21(29)19(32-23(26)30)14-15-7-9-16(24)10-8-15/h2-10,14H,1,11-13H2. The number of benzene rings is 2. The van der Waals surface area contributed by atoms with Gasteiger partial charge in [-0.15, -0.1) is 6.58 Å². The molecule has 5 nitrogen and oxygen atoms in total. The summed E-state index contributed by atoms with van der Waals surface area (Å²) >= 11 is 14.0. The molecule has 4 rings (SSSR count). The Morgan fingerprint density at radius 2 is 1.97 bits per heavy atom. The molecule has 1 fully saturated rings. The van der Waals surface area contributed by atoms with Crippen LogP contribution in [0, 0.1) is 0 Å². The van der Waals surface area contributed by atoms with E-state index in [-0.39, 0.29) is 24.8 Å². The van der Waals surface area contributed by atoms with Gasteiger partial charge in [-0.05, 0) is 35.9 Å². The van der Waals surface area contributed by atoms with E-state index < -0.39 is 0 Å². The summed E-state index contributed by atoms with van der Waals surface area (Å²) in [7, 11) is 0. The van der Waals surface area contributed by atoms with E-state index in [1.165, 1.54) is 28.4 Å². The van der Waals surface area contributed by atoms with Gasteiger partial charge in [-0.25, -0.2) is 4.98 Å². The Labute approximate surface area is 204 Å². The van der Waals surface area contributed by atoms with Crippen molar-refractivity contribution < 1.29 is 9.59 Å². The summed E-state index contributed by atoms with van der Waals surface area (Å²) < 4.78 is 2.06. The van der Waals surface area contributed by atoms with Gasteiger partial charge >= 0.3 is 0 Å². The minimum absolute atomic E-state index is 0.128. The van der Waals surface area contributed by atoms with Crippen molar-refractivity contribution in [2.24, 2.45) is 0 Å². The van der Waals surface area contributed by atoms with Crippen LogP contribution in [0.1, 0.15) is 16.8 Å². The summed E-state index contributed by atoms with van der Waals surface area (Å²) in [5.74, 6) is 0.307. The maximum atomic E-state index is 13.1. The van der Waals surface area contributed by atoms with Crippen molar-refractivity contribution in [3.63, 3.8) is 0 Å². The fourth-order valence-electron chi connectivity index (χ4n) is 3.20. The van der Waals surface area contributed by atoms with Crippen LogP contribution in [0.25, 0.3) is 17.1 Å². The van der Waals surface area contributed by atoms with Crippen molar-refractivity contribution in [1.82, 2.24) is 14.5 Å². The molecule has 2 aromatic carbocycles. The van der Waals surface area contributed by atoms with Crippen molar-refractivity contribution in [3.05, 3.63) is 76.7 Å². The Morgan fingerprint density at radius 1 is 1.22 bits per heavy atom. The maximum absolute atomic E-state index is 13.1. The number of amides is 1. The van der Waals surface area contributed by atoms with Crippen LogP contribution in [0.2, 0.25) is 5.02 Å². The van der Waals surface area contributed by atoms with Gasteiger partial charge in [0.05, 0.1) is 15.9 Å². The highest BCUT2D eigenvalue weighted by atomic mass is 35.5. The lowest BCUT2D eigenvalue weighted by molar-refractivity contribution is -0.122. The molecule has 0 saturated carbocycles. The number of imidazole rings is 1. The Bertz CT molecular complexity index is 1250. The first-order chi connectivity index (χ1) is 15.5. The van der Waals surface area contributed by atoms with Gasteiger partial charge in [-0.2, -0.15) is 0 Å². The summed E-state index contributed by atoms with van der Waals surface area (Å²) in [5, 5.41) is 1.25. The molecule has 1 aliphatic rings. The molecule has 0 atom stereocenters. The molecule has 1 saturated heterocycles. The van der Waals surface area contributed by atoms with Crippen molar-refractivity contribution in [1.29, 1.82) is 0 Å². The van der Waals surface area contributed by atoms with Gasteiger partial charge in [0, 0.05) is 23.7 Å².